The van der Waals surface area contributed by atoms with E-state index in [9.17, 15) is 0 Å². The summed E-state index contributed by atoms with van der Waals surface area (Å²) in [5, 5.41) is 8.35. The van der Waals surface area contributed by atoms with Crippen LogP contribution in [0.25, 0.3) is 0 Å². The van der Waals surface area contributed by atoms with E-state index in [1.165, 1.54) is 5.75 Å². The highest BCUT2D eigenvalue weighted by Crippen LogP contribution is 2.41. The van der Waals surface area contributed by atoms with E-state index < -0.39 is 0 Å². The van der Waals surface area contributed by atoms with Gasteiger partial charge in [0.15, 0.2) is 5.82 Å². The number of aromatic nitrogens is 2. The van der Waals surface area contributed by atoms with Crippen LogP contribution < -0.4 is 5.32 Å². The van der Waals surface area contributed by atoms with Gasteiger partial charge in [-0.3, -0.25) is 0 Å². The molecule has 0 saturated carbocycles. The summed E-state index contributed by atoms with van der Waals surface area (Å²) in [5.74, 6) is 4.13. The van der Waals surface area contributed by atoms with Crippen molar-refractivity contribution in [2.45, 2.75) is 29.4 Å². The third-order valence-electron chi connectivity index (χ3n) is 3.67. The molecule has 1 aromatic rings. The molecule has 0 aromatic carbocycles. The molecule has 7 heteroatoms. The van der Waals surface area contributed by atoms with Gasteiger partial charge in [0.2, 0.25) is 5.89 Å². The second-order valence-corrected chi connectivity index (χ2v) is 7.63. The topological polar surface area (TPSA) is 60.2 Å². The molecule has 3 rings (SSSR count). The quantitative estimate of drug-likeness (QED) is 0.911. The molecule has 4 unspecified atom stereocenters. The van der Waals surface area contributed by atoms with Crippen LogP contribution in [0.5, 0.6) is 0 Å². The summed E-state index contributed by atoms with van der Waals surface area (Å²) in [5.41, 5.74) is 0. The Morgan fingerprint density at radius 1 is 1.26 bits per heavy atom. The molecule has 19 heavy (non-hydrogen) atoms. The molecular weight excluding hydrogens is 282 g/mol. The number of ether oxygens (including phenoxy) is 1. The summed E-state index contributed by atoms with van der Waals surface area (Å²) in [7, 11) is 1.94. The van der Waals surface area contributed by atoms with Gasteiger partial charge in [-0.2, -0.15) is 16.7 Å². The first kappa shape index (κ1) is 13.7. The fraction of sp³-hybridized carbons (Fsp3) is 0.833. The first-order chi connectivity index (χ1) is 9.29. The van der Waals surface area contributed by atoms with Crippen LogP contribution in [0.4, 0.5) is 0 Å². The minimum atomic E-state index is 0.183. The third kappa shape index (κ3) is 2.79. The largest absolute Gasteiger partial charge is 0.379 e. The molecule has 2 saturated heterocycles. The molecule has 2 aliphatic rings. The molecule has 2 fully saturated rings. The maximum Gasteiger partial charge on any atom is 0.233 e. The van der Waals surface area contributed by atoms with Crippen molar-refractivity contribution in [3.05, 3.63) is 11.7 Å². The molecule has 0 spiro atoms. The molecule has 0 aliphatic carbocycles. The van der Waals surface area contributed by atoms with Gasteiger partial charge < -0.3 is 14.6 Å². The lowest BCUT2D eigenvalue weighted by Crippen LogP contribution is -2.31. The highest BCUT2D eigenvalue weighted by Gasteiger charge is 2.35. The number of nitrogens with zero attached hydrogens (tertiary/aromatic N) is 2. The second-order valence-electron chi connectivity index (χ2n) is 4.90. The maximum atomic E-state index is 5.49. The first-order valence-corrected chi connectivity index (χ1v) is 8.71. The Kier molecular flexibility index (Phi) is 4.36. The summed E-state index contributed by atoms with van der Waals surface area (Å²) < 4.78 is 11.0. The van der Waals surface area contributed by atoms with Gasteiger partial charge in [-0.25, -0.2) is 0 Å². The summed E-state index contributed by atoms with van der Waals surface area (Å²) >= 11 is 3.92. The number of hydrogen-bond donors (Lipinski definition) is 1. The molecule has 106 valence electrons. The number of likely N-dealkylation sites (N-methyl/N-ethyl adjacent to an activating group) is 1. The lowest BCUT2D eigenvalue weighted by atomic mass is 10.0. The van der Waals surface area contributed by atoms with E-state index in [4.69, 9.17) is 9.26 Å². The number of hydrogen-bond acceptors (Lipinski definition) is 7. The van der Waals surface area contributed by atoms with Crippen molar-refractivity contribution in [2.75, 3.05) is 31.8 Å². The Morgan fingerprint density at radius 2 is 2.11 bits per heavy atom. The highest BCUT2D eigenvalue weighted by atomic mass is 32.2. The minimum absolute atomic E-state index is 0.183. The smallest absolute Gasteiger partial charge is 0.233 e. The van der Waals surface area contributed by atoms with Crippen molar-refractivity contribution in [1.82, 2.24) is 15.5 Å². The fourth-order valence-corrected chi connectivity index (χ4v) is 5.19. The van der Waals surface area contributed by atoms with Crippen LogP contribution in [0.2, 0.25) is 0 Å². The molecule has 2 aliphatic heterocycles. The minimum Gasteiger partial charge on any atom is -0.379 e. The van der Waals surface area contributed by atoms with Crippen LogP contribution in [0.3, 0.4) is 0 Å². The summed E-state index contributed by atoms with van der Waals surface area (Å²) in [4.78, 5) is 4.63. The van der Waals surface area contributed by atoms with E-state index in [2.05, 4.69) is 22.4 Å². The van der Waals surface area contributed by atoms with Crippen LogP contribution >= 0.6 is 23.5 Å². The molecule has 0 radical (unpaired) electrons. The van der Waals surface area contributed by atoms with Crippen molar-refractivity contribution in [2.24, 2.45) is 0 Å². The van der Waals surface area contributed by atoms with E-state index in [1.807, 2.05) is 30.6 Å². The Labute approximate surface area is 121 Å². The average Bonchev–Trinajstić information content (AvgIpc) is 3.07. The maximum absolute atomic E-state index is 5.49. The monoisotopic (exact) mass is 301 g/mol. The van der Waals surface area contributed by atoms with Gasteiger partial charge in [-0.15, -0.1) is 11.8 Å². The van der Waals surface area contributed by atoms with E-state index in [0.717, 1.165) is 17.5 Å². The van der Waals surface area contributed by atoms with Gasteiger partial charge in [-0.1, -0.05) is 12.1 Å². The molecule has 4 atom stereocenters. The predicted octanol–water partition coefficient (Wildman–Crippen LogP) is 1.68. The number of rotatable bonds is 3. The molecule has 5 nitrogen and oxygen atoms in total. The average molecular weight is 301 g/mol. The molecule has 0 bridgehead atoms. The summed E-state index contributed by atoms with van der Waals surface area (Å²) in [6.45, 7) is 3.62. The zero-order valence-corrected chi connectivity index (χ0v) is 12.8. The fourth-order valence-electron chi connectivity index (χ4n) is 2.51. The molecule has 0 amide bonds. The molecule has 1 aromatic heterocycles. The third-order valence-corrected chi connectivity index (χ3v) is 6.75. The zero-order valence-electron chi connectivity index (χ0n) is 11.2. The summed E-state index contributed by atoms with van der Waals surface area (Å²) in [6.07, 6.45) is 0. The second kappa shape index (κ2) is 6.03. The Bertz CT molecular complexity index is 412. The van der Waals surface area contributed by atoms with E-state index in [0.29, 0.717) is 23.7 Å². The molecule has 3 heterocycles. The Morgan fingerprint density at radius 3 is 2.89 bits per heavy atom. The van der Waals surface area contributed by atoms with E-state index in [-0.39, 0.29) is 12.0 Å². The van der Waals surface area contributed by atoms with Crippen molar-refractivity contribution < 1.29 is 9.26 Å². The molecular formula is C12H19N3O2S2. The standard InChI is InChI=1S/C12H19N3O2S2/c1-7-10(19-4-3-18-7)11-14-12(17-15-11)8-5-16-6-9(8)13-2/h7-10,13H,3-6H2,1-2H3. The van der Waals surface area contributed by atoms with Gasteiger partial charge in [0.25, 0.3) is 0 Å². The van der Waals surface area contributed by atoms with Crippen molar-refractivity contribution in [3.8, 4) is 0 Å². The van der Waals surface area contributed by atoms with Crippen LogP contribution in [-0.4, -0.2) is 53.2 Å². The van der Waals surface area contributed by atoms with Gasteiger partial charge in [0, 0.05) is 22.8 Å². The number of nitrogens with one attached hydrogen (secondary N) is 1. The first-order valence-electron chi connectivity index (χ1n) is 6.61. The van der Waals surface area contributed by atoms with Crippen LogP contribution in [0, 0.1) is 0 Å². The summed E-state index contributed by atoms with van der Waals surface area (Å²) in [6, 6.07) is 0.277. The van der Waals surface area contributed by atoms with Crippen molar-refractivity contribution in [1.29, 1.82) is 0 Å². The Hall–Kier alpha value is -0.240. The van der Waals surface area contributed by atoms with Gasteiger partial charge in [0.05, 0.1) is 24.4 Å². The lowest BCUT2D eigenvalue weighted by Gasteiger charge is -2.24. The molecule has 1 N–H and O–H groups in total. The lowest BCUT2D eigenvalue weighted by molar-refractivity contribution is 0.185. The SMILES string of the molecule is CNC1COCC1c1nc(C2SCCSC2C)no1. The zero-order chi connectivity index (χ0) is 13.2. The van der Waals surface area contributed by atoms with Crippen molar-refractivity contribution in [3.63, 3.8) is 0 Å². The predicted molar refractivity (Wildman–Crippen MR) is 77.8 cm³/mol. The Balaban J connectivity index is 1.75. The van der Waals surface area contributed by atoms with Crippen LogP contribution in [-0.2, 0) is 4.74 Å². The highest BCUT2D eigenvalue weighted by molar-refractivity contribution is 8.06. The van der Waals surface area contributed by atoms with Crippen molar-refractivity contribution >= 4 is 23.5 Å². The normalized spacial score (nSPS) is 35.7. The van der Waals surface area contributed by atoms with Gasteiger partial charge >= 0.3 is 0 Å². The van der Waals surface area contributed by atoms with Gasteiger partial charge in [-0.05, 0) is 7.05 Å². The van der Waals surface area contributed by atoms with E-state index in [1.54, 1.807) is 0 Å². The van der Waals surface area contributed by atoms with Crippen LogP contribution in [0.1, 0.15) is 29.8 Å². The van der Waals surface area contributed by atoms with E-state index >= 15 is 0 Å². The number of thioether (sulfide) groups is 2. The van der Waals surface area contributed by atoms with Gasteiger partial charge in [0.1, 0.15) is 0 Å². The van der Waals surface area contributed by atoms with Crippen LogP contribution in [0.15, 0.2) is 4.52 Å².